The third-order valence-electron chi connectivity index (χ3n) is 4.48. The Hall–Kier alpha value is -3.94. The monoisotopic (exact) mass is 426 g/mol. The van der Waals surface area contributed by atoms with E-state index in [1.54, 1.807) is 18.2 Å². The zero-order chi connectivity index (χ0) is 22.0. The lowest BCUT2D eigenvalue weighted by atomic mass is 10.1. The molecular weight excluding hydrogens is 412 g/mol. The van der Waals surface area contributed by atoms with Crippen molar-refractivity contribution < 1.29 is 26.8 Å². The van der Waals surface area contributed by atoms with Crippen molar-refractivity contribution in [1.29, 1.82) is 0 Å². The summed E-state index contributed by atoms with van der Waals surface area (Å²) in [5.74, 6) is -0.478. The van der Waals surface area contributed by atoms with Gasteiger partial charge in [-0.05, 0) is 54.6 Å². The minimum absolute atomic E-state index is 0.00836. The van der Waals surface area contributed by atoms with Crippen molar-refractivity contribution in [2.24, 2.45) is 0 Å². The minimum Gasteiger partial charge on any atom is -0.436 e. The van der Waals surface area contributed by atoms with Crippen LogP contribution in [0.1, 0.15) is 15.9 Å². The highest BCUT2D eigenvalue weighted by molar-refractivity contribution is 6.08. The van der Waals surface area contributed by atoms with Gasteiger partial charge in [0.1, 0.15) is 5.82 Å². The number of rotatable bonds is 4. The Balaban J connectivity index is 1.62. The van der Waals surface area contributed by atoms with Crippen molar-refractivity contribution in [3.63, 3.8) is 0 Å². The Kier molecular flexibility index (Phi) is 5.29. The number of amides is 1. The first-order valence-electron chi connectivity index (χ1n) is 9.11. The molecule has 0 unspecified atom stereocenters. The topological polar surface area (TPSA) is 55.1 Å². The molecule has 0 saturated carbocycles. The van der Waals surface area contributed by atoms with Crippen LogP contribution in [0.25, 0.3) is 22.8 Å². The number of hydrogen-bond acceptors (Lipinski definition) is 3. The smallest absolute Gasteiger partial charge is 0.416 e. The van der Waals surface area contributed by atoms with E-state index in [4.69, 9.17) is 4.42 Å². The van der Waals surface area contributed by atoms with E-state index >= 15 is 0 Å². The molecule has 4 nitrogen and oxygen atoms in total. The maximum atomic E-state index is 13.1. The van der Waals surface area contributed by atoms with Gasteiger partial charge >= 0.3 is 6.18 Å². The van der Waals surface area contributed by atoms with Crippen molar-refractivity contribution in [2.75, 3.05) is 5.32 Å². The summed E-state index contributed by atoms with van der Waals surface area (Å²) < 4.78 is 57.6. The molecule has 1 N–H and O–H groups in total. The standard InChI is InChI=1S/C23H14F4N2O2/c24-16-10-8-14(9-11-16)20-13-28-22(31-20)19-7-2-1-6-18(19)21(30)29-17-5-3-4-15(12-17)23(25,26)27/h1-13H,(H,29,30). The first-order valence-corrected chi connectivity index (χ1v) is 9.11. The molecule has 3 aromatic carbocycles. The fraction of sp³-hybridized carbons (Fsp3) is 0.0435. The van der Waals surface area contributed by atoms with Crippen molar-refractivity contribution in [2.45, 2.75) is 6.18 Å². The highest BCUT2D eigenvalue weighted by Gasteiger charge is 2.30. The quantitative estimate of drug-likeness (QED) is 0.383. The molecular formula is C23H14F4N2O2. The highest BCUT2D eigenvalue weighted by atomic mass is 19.4. The molecule has 0 fully saturated rings. The average molecular weight is 426 g/mol. The normalized spacial score (nSPS) is 11.4. The second-order valence-corrected chi connectivity index (χ2v) is 6.61. The molecule has 4 rings (SSSR count). The van der Waals surface area contributed by atoms with Gasteiger partial charge in [-0.15, -0.1) is 0 Å². The van der Waals surface area contributed by atoms with Gasteiger partial charge in [0.2, 0.25) is 5.89 Å². The Morgan fingerprint density at radius 1 is 0.935 bits per heavy atom. The average Bonchev–Trinajstić information content (AvgIpc) is 3.24. The fourth-order valence-electron chi connectivity index (χ4n) is 2.99. The maximum absolute atomic E-state index is 13.1. The number of hydrogen-bond donors (Lipinski definition) is 1. The van der Waals surface area contributed by atoms with Gasteiger partial charge in [-0.3, -0.25) is 4.79 Å². The van der Waals surface area contributed by atoms with Crippen LogP contribution in [0.15, 0.2) is 83.4 Å². The van der Waals surface area contributed by atoms with E-state index in [9.17, 15) is 22.4 Å². The van der Waals surface area contributed by atoms with Crippen molar-refractivity contribution >= 4 is 11.6 Å². The maximum Gasteiger partial charge on any atom is 0.416 e. The molecule has 0 aliphatic carbocycles. The van der Waals surface area contributed by atoms with Crippen molar-refractivity contribution in [1.82, 2.24) is 4.98 Å². The lowest BCUT2D eigenvalue weighted by Crippen LogP contribution is -2.14. The van der Waals surface area contributed by atoms with Crippen molar-refractivity contribution in [3.05, 3.63) is 95.9 Å². The number of carbonyl (C=O) groups excluding carboxylic acids is 1. The Morgan fingerprint density at radius 2 is 1.68 bits per heavy atom. The molecule has 1 amide bonds. The van der Waals surface area contributed by atoms with Crippen LogP contribution in [0.4, 0.5) is 23.2 Å². The number of halogens is 4. The van der Waals surface area contributed by atoms with E-state index in [1.165, 1.54) is 48.7 Å². The zero-order valence-electron chi connectivity index (χ0n) is 15.8. The molecule has 1 aromatic heterocycles. The lowest BCUT2D eigenvalue weighted by molar-refractivity contribution is -0.137. The fourth-order valence-corrected chi connectivity index (χ4v) is 2.99. The molecule has 0 radical (unpaired) electrons. The molecule has 0 aliphatic rings. The molecule has 4 aromatic rings. The van der Waals surface area contributed by atoms with Crippen LogP contribution in [0.2, 0.25) is 0 Å². The van der Waals surface area contributed by atoms with Gasteiger partial charge in [0, 0.05) is 16.8 Å². The predicted molar refractivity (Wildman–Crippen MR) is 107 cm³/mol. The predicted octanol–water partition coefficient (Wildman–Crippen LogP) is 6.42. The Morgan fingerprint density at radius 3 is 2.42 bits per heavy atom. The van der Waals surface area contributed by atoms with E-state index in [2.05, 4.69) is 10.3 Å². The summed E-state index contributed by atoms with van der Waals surface area (Å²) in [7, 11) is 0. The van der Waals surface area contributed by atoms with Crippen LogP contribution in [0.3, 0.4) is 0 Å². The second kappa shape index (κ2) is 8.06. The first-order chi connectivity index (χ1) is 14.8. The van der Waals surface area contributed by atoms with Gasteiger partial charge in [0.05, 0.1) is 17.3 Å². The van der Waals surface area contributed by atoms with Gasteiger partial charge in [0.25, 0.3) is 5.91 Å². The molecule has 0 bridgehead atoms. The van der Waals surface area contributed by atoms with Gasteiger partial charge in [-0.25, -0.2) is 9.37 Å². The molecule has 31 heavy (non-hydrogen) atoms. The summed E-state index contributed by atoms with van der Waals surface area (Å²) in [5, 5.41) is 2.48. The largest absolute Gasteiger partial charge is 0.436 e. The lowest BCUT2D eigenvalue weighted by Gasteiger charge is -2.11. The molecule has 8 heteroatoms. The molecule has 1 heterocycles. The van der Waals surface area contributed by atoms with Crippen LogP contribution in [0, 0.1) is 5.82 Å². The van der Waals surface area contributed by atoms with Gasteiger partial charge < -0.3 is 9.73 Å². The summed E-state index contributed by atoms with van der Waals surface area (Å²) in [6.07, 6.45) is -3.07. The molecule has 0 aliphatic heterocycles. The summed E-state index contributed by atoms with van der Waals surface area (Å²) in [6, 6.07) is 16.4. The van der Waals surface area contributed by atoms with Crippen LogP contribution in [-0.4, -0.2) is 10.9 Å². The number of anilines is 1. The minimum atomic E-state index is -4.52. The Labute approximate surface area is 174 Å². The first kappa shape index (κ1) is 20.3. The molecule has 156 valence electrons. The zero-order valence-corrected chi connectivity index (χ0v) is 15.8. The third kappa shape index (κ3) is 4.48. The number of oxazole rings is 1. The van der Waals surface area contributed by atoms with E-state index in [-0.39, 0.29) is 23.0 Å². The summed E-state index contributed by atoms with van der Waals surface area (Å²) in [4.78, 5) is 17.0. The van der Waals surface area contributed by atoms with Gasteiger partial charge in [-0.2, -0.15) is 13.2 Å². The summed E-state index contributed by atoms with van der Waals surface area (Å²) in [6.45, 7) is 0. The van der Waals surface area contributed by atoms with E-state index < -0.39 is 17.6 Å². The van der Waals surface area contributed by atoms with E-state index in [0.717, 1.165) is 12.1 Å². The second-order valence-electron chi connectivity index (χ2n) is 6.61. The highest BCUT2D eigenvalue weighted by Crippen LogP contribution is 2.32. The van der Waals surface area contributed by atoms with Crippen LogP contribution in [-0.2, 0) is 6.18 Å². The molecule has 0 saturated heterocycles. The number of aromatic nitrogens is 1. The van der Waals surface area contributed by atoms with Crippen molar-refractivity contribution in [3.8, 4) is 22.8 Å². The molecule has 0 atom stereocenters. The number of alkyl halides is 3. The molecule has 0 spiro atoms. The van der Waals surface area contributed by atoms with Crippen LogP contribution < -0.4 is 5.32 Å². The third-order valence-corrected chi connectivity index (χ3v) is 4.48. The summed E-state index contributed by atoms with van der Waals surface area (Å²) >= 11 is 0. The Bertz CT molecular complexity index is 1230. The van der Waals surface area contributed by atoms with E-state index in [0.29, 0.717) is 16.9 Å². The number of nitrogens with zero attached hydrogens (tertiary/aromatic N) is 1. The number of benzene rings is 3. The van der Waals surface area contributed by atoms with Crippen LogP contribution >= 0.6 is 0 Å². The summed E-state index contributed by atoms with van der Waals surface area (Å²) in [5.41, 5.74) is 0.281. The SMILES string of the molecule is O=C(Nc1cccc(C(F)(F)F)c1)c1ccccc1-c1ncc(-c2ccc(F)cc2)o1. The van der Waals surface area contributed by atoms with Crippen LogP contribution in [0.5, 0.6) is 0 Å². The van der Waals surface area contributed by atoms with Gasteiger partial charge in [0.15, 0.2) is 5.76 Å². The number of carbonyl (C=O) groups is 1. The number of nitrogens with one attached hydrogen (secondary N) is 1. The van der Waals surface area contributed by atoms with E-state index in [1.807, 2.05) is 0 Å². The van der Waals surface area contributed by atoms with Gasteiger partial charge in [-0.1, -0.05) is 18.2 Å².